The zero-order valence-electron chi connectivity index (χ0n) is 8.77. The average molecular weight is 200 g/mol. The topological polar surface area (TPSA) is 34.9 Å². The van der Waals surface area contributed by atoms with E-state index in [0.29, 0.717) is 5.56 Å². The molecule has 0 bridgehead atoms. The van der Waals surface area contributed by atoms with Crippen molar-refractivity contribution in [1.29, 1.82) is 0 Å². The predicted molar refractivity (Wildman–Crippen MR) is 58.8 cm³/mol. The van der Waals surface area contributed by atoms with Crippen LogP contribution in [0.5, 0.6) is 0 Å². The van der Waals surface area contributed by atoms with Crippen LogP contribution < -0.4 is 0 Å². The van der Waals surface area contributed by atoms with Gasteiger partial charge in [-0.1, -0.05) is 24.3 Å². The number of rotatable bonds is 2. The van der Waals surface area contributed by atoms with Crippen molar-refractivity contribution in [2.45, 2.75) is 6.92 Å². The van der Waals surface area contributed by atoms with Gasteiger partial charge >= 0.3 is 0 Å². The fourth-order valence-corrected chi connectivity index (χ4v) is 1.55. The Balaban J connectivity index is 2.63. The first kappa shape index (κ1) is 9.65. The lowest BCUT2D eigenvalue weighted by molar-refractivity contribution is 0.112. The van der Waals surface area contributed by atoms with Crippen LogP contribution in [0.2, 0.25) is 0 Å². The third kappa shape index (κ3) is 1.56. The van der Waals surface area contributed by atoms with Crippen molar-refractivity contribution in [3.05, 3.63) is 41.7 Å². The minimum absolute atomic E-state index is 0.672. The van der Waals surface area contributed by atoms with E-state index in [4.69, 9.17) is 0 Å². The molecule has 0 aliphatic carbocycles. The van der Waals surface area contributed by atoms with E-state index in [9.17, 15) is 4.79 Å². The summed E-state index contributed by atoms with van der Waals surface area (Å²) in [7, 11) is 1.94. The van der Waals surface area contributed by atoms with Crippen molar-refractivity contribution >= 4 is 6.29 Å². The molecule has 0 spiro atoms. The summed E-state index contributed by atoms with van der Waals surface area (Å²) in [4.78, 5) is 15.2. The second-order valence-corrected chi connectivity index (χ2v) is 3.49. The van der Waals surface area contributed by atoms with Crippen LogP contribution in [0.15, 0.2) is 30.5 Å². The molecule has 0 saturated heterocycles. The highest BCUT2D eigenvalue weighted by Crippen LogP contribution is 2.21. The van der Waals surface area contributed by atoms with E-state index < -0.39 is 0 Å². The smallest absolute Gasteiger partial charge is 0.150 e. The van der Waals surface area contributed by atoms with E-state index >= 15 is 0 Å². The third-order valence-electron chi connectivity index (χ3n) is 2.55. The molecule has 0 aliphatic rings. The molecule has 1 aromatic heterocycles. The Kier molecular flexibility index (Phi) is 2.37. The fraction of sp³-hybridized carbons (Fsp3) is 0.167. The standard InChI is InChI=1S/C12H12N2O/c1-9-7-13-12(14(9)2)11-6-4-3-5-10(11)8-15/h3-8H,1-2H3. The number of aldehydes is 1. The van der Waals surface area contributed by atoms with Crippen molar-refractivity contribution in [2.75, 3.05) is 0 Å². The molecule has 0 saturated carbocycles. The zero-order chi connectivity index (χ0) is 10.8. The van der Waals surface area contributed by atoms with Crippen LogP contribution in [0.1, 0.15) is 16.1 Å². The van der Waals surface area contributed by atoms with Gasteiger partial charge in [-0.2, -0.15) is 0 Å². The Morgan fingerprint density at radius 2 is 2.07 bits per heavy atom. The van der Waals surface area contributed by atoms with Crippen LogP contribution in [-0.4, -0.2) is 15.8 Å². The van der Waals surface area contributed by atoms with Crippen LogP contribution in [0.3, 0.4) is 0 Å². The molecule has 3 nitrogen and oxygen atoms in total. The second kappa shape index (κ2) is 3.69. The first-order chi connectivity index (χ1) is 7.24. The summed E-state index contributed by atoms with van der Waals surface area (Å²) in [6.45, 7) is 1.99. The van der Waals surface area contributed by atoms with Gasteiger partial charge in [0.1, 0.15) is 5.82 Å². The molecule has 76 valence electrons. The molecular weight excluding hydrogens is 188 g/mol. The van der Waals surface area contributed by atoms with Crippen molar-refractivity contribution in [3.63, 3.8) is 0 Å². The van der Waals surface area contributed by atoms with Gasteiger partial charge in [-0.3, -0.25) is 4.79 Å². The molecule has 0 N–H and O–H groups in total. The monoisotopic (exact) mass is 200 g/mol. The number of hydrogen-bond donors (Lipinski definition) is 0. The molecule has 0 unspecified atom stereocenters. The molecule has 0 fully saturated rings. The van der Waals surface area contributed by atoms with Gasteiger partial charge in [0.2, 0.25) is 0 Å². The van der Waals surface area contributed by atoms with Gasteiger partial charge in [-0.05, 0) is 6.92 Å². The van der Waals surface area contributed by atoms with E-state index in [-0.39, 0.29) is 0 Å². The number of aryl methyl sites for hydroxylation is 1. The molecule has 2 aromatic rings. The van der Waals surface area contributed by atoms with Crippen LogP contribution in [0.4, 0.5) is 0 Å². The minimum Gasteiger partial charge on any atom is -0.331 e. The van der Waals surface area contributed by atoms with Crippen molar-refractivity contribution in [1.82, 2.24) is 9.55 Å². The van der Waals surface area contributed by atoms with Gasteiger partial charge in [0.25, 0.3) is 0 Å². The second-order valence-electron chi connectivity index (χ2n) is 3.49. The molecule has 0 aliphatic heterocycles. The summed E-state index contributed by atoms with van der Waals surface area (Å²) in [5.74, 6) is 0.829. The number of imidazole rings is 1. The molecule has 0 amide bonds. The van der Waals surface area contributed by atoms with Gasteiger partial charge in [-0.25, -0.2) is 4.98 Å². The Bertz CT molecular complexity index is 500. The highest BCUT2D eigenvalue weighted by molar-refractivity contribution is 5.85. The number of benzene rings is 1. The van der Waals surface area contributed by atoms with Crippen LogP contribution in [-0.2, 0) is 7.05 Å². The summed E-state index contributed by atoms with van der Waals surface area (Å²) in [6, 6.07) is 7.47. The van der Waals surface area contributed by atoms with Crippen LogP contribution in [0, 0.1) is 6.92 Å². The Morgan fingerprint density at radius 1 is 1.33 bits per heavy atom. The van der Waals surface area contributed by atoms with Gasteiger partial charge in [0, 0.05) is 30.1 Å². The average Bonchev–Trinajstić information content (AvgIpc) is 2.60. The Morgan fingerprint density at radius 3 is 2.67 bits per heavy atom. The summed E-state index contributed by atoms with van der Waals surface area (Å²) >= 11 is 0. The minimum atomic E-state index is 0.672. The van der Waals surface area contributed by atoms with E-state index in [0.717, 1.165) is 23.4 Å². The first-order valence-corrected chi connectivity index (χ1v) is 4.77. The molecule has 15 heavy (non-hydrogen) atoms. The summed E-state index contributed by atoms with van der Waals surface area (Å²) in [6.07, 6.45) is 2.66. The van der Waals surface area contributed by atoms with Crippen LogP contribution >= 0.6 is 0 Å². The highest BCUT2D eigenvalue weighted by atomic mass is 16.1. The maximum Gasteiger partial charge on any atom is 0.150 e. The highest BCUT2D eigenvalue weighted by Gasteiger charge is 2.09. The summed E-state index contributed by atoms with van der Waals surface area (Å²) in [5.41, 5.74) is 2.63. The fourth-order valence-electron chi connectivity index (χ4n) is 1.55. The van der Waals surface area contributed by atoms with E-state index in [1.165, 1.54) is 0 Å². The first-order valence-electron chi connectivity index (χ1n) is 4.77. The summed E-state index contributed by atoms with van der Waals surface area (Å²) in [5, 5.41) is 0. The third-order valence-corrected chi connectivity index (χ3v) is 2.55. The molecule has 0 atom stereocenters. The lowest BCUT2D eigenvalue weighted by Crippen LogP contribution is -1.97. The predicted octanol–water partition coefficient (Wildman–Crippen LogP) is 2.21. The quantitative estimate of drug-likeness (QED) is 0.696. The molecule has 2 rings (SSSR count). The van der Waals surface area contributed by atoms with Gasteiger partial charge in [0.05, 0.1) is 0 Å². The number of carbonyl (C=O) groups is 1. The van der Waals surface area contributed by atoms with Crippen LogP contribution in [0.25, 0.3) is 11.4 Å². The SMILES string of the molecule is Cc1cnc(-c2ccccc2C=O)n1C. The molecule has 0 radical (unpaired) electrons. The molecule has 3 heteroatoms. The number of carbonyl (C=O) groups excluding carboxylic acids is 1. The normalized spacial score (nSPS) is 10.3. The van der Waals surface area contributed by atoms with Crippen molar-refractivity contribution < 1.29 is 4.79 Å². The number of hydrogen-bond acceptors (Lipinski definition) is 2. The van der Waals surface area contributed by atoms with E-state index in [2.05, 4.69) is 4.98 Å². The summed E-state index contributed by atoms with van der Waals surface area (Å²) < 4.78 is 1.97. The molecular formula is C12H12N2O. The van der Waals surface area contributed by atoms with E-state index in [1.54, 1.807) is 12.3 Å². The maximum absolute atomic E-state index is 10.9. The van der Waals surface area contributed by atoms with Gasteiger partial charge in [-0.15, -0.1) is 0 Å². The Labute approximate surface area is 88.4 Å². The lowest BCUT2D eigenvalue weighted by atomic mass is 10.1. The lowest BCUT2D eigenvalue weighted by Gasteiger charge is -2.05. The Hall–Kier alpha value is -1.90. The molecule has 1 aromatic carbocycles. The number of aromatic nitrogens is 2. The molecule has 1 heterocycles. The largest absolute Gasteiger partial charge is 0.331 e. The van der Waals surface area contributed by atoms with Crippen molar-refractivity contribution in [3.8, 4) is 11.4 Å². The van der Waals surface area contributed by atoms with Gasteiger partial charge in [0.15, 0.2) is 6.29 Å². The van der Waals surface area contributed by atoms with Gasteiger partial charge < -0.3 is 4.57 Å². The van der Waals surface area contributed by atoms with E-state index in [1.807, 2.05) is 36.7 Å². The van der Waals surface area contributed by atoms with Crippen molar-refractivity contribution in [2.24, 2.45) is 7.05 Å². The maximum atomic E-state index is 10.9. The zero-order valence-corrected chi connectivity index (χ0v) is 8.77. The number of nitrogens with zero attached hydrogens (tertiary/aromatic N) is 2.